The molecule has 0 atom stereocenters. The second-order valence-corrected chi connectivity index (χ2v) is 13.0. The van der Waals surface area contributed by atoms with Gasteiger partial charge in [-0.1, -0.05) is 44.0 Å². The molecule has 0 heterocycles. The predicted molar refractivity (Wildman–Crippen MR) is 153 cm³/mol. The van der Waals surface area contributed by atoms with Gasteiger partial charge in [0.2, 0.25) is 0 Å². The normalized spacial score (nSPS) is 13.6. The Hall–Kier alpha value is -0.640. The van der Waals surface area contributed by atoms with E-state index in [1.165, 1.54) is 0 Å². The lowest BCUT2D eigenvalue weighted by atomic mass is 9.67. The van der Waals surface area contributed by atoms with Crippen LogP contribution in [0.15, 0.2) is 87.5 Å². The van der Waals surface area contributed by atoms with Crippen molar-refractivity contribution in [1.82, 2.24) is 0 Å². The lowest BCUT2D eigenvalue weighted by Gasteiger charge is -2.35. The van der Waals surface area contributed by atoms with Crippen molar-refractivity contribution in [2.24, 2.45) is 0 Å². The third kappa shape index (κ3) is 3.71. The van der Waals surface area contributed by atoms with E-state index in [0.29, 0.717) is 17.9 Å². The molecule has 0 aliphatic heterocycles. The topological polar surface area (TPSA) is 40.5 Å². The first-order valence-electron chi connectivity index (χ1n) is 9.62. The largest absolute Gasteiger partial charge is 0.506 e. The molecule has 2 nitrogen and oxygen atoms in total. The first-order chi connectivity index (χ1) is 15.6. The average Bonchev–Trinajstić information content (AvgIpc) is 3.04. The number of rotatable bonds is 2. The van der Waals surface area contributed by atoms with E-state index in [-0.39, 0.29) is 11.5 Å². The second kappa shape index (κ2) is 8.79. The van der Waals surface area contributed by atoms with Crippen LogP contribution in [0, 0.1) is 0 Å². The standard InChI is InChI=1S/C25H12Br6O2/c26-13-1-3-15-16-4-2-14(27)10-18(16)25(17(15)9-13,11-5-19(28)23(32)20(29)6-11)12-7-21(30)24(33)22(31)8-12/h1-10,32-33H. The number of hydrogen-bond donors (Lipinski definition) is 2. The van der Waals surface area contributed by atoms with Crippen molar-refractivity contribution in [3.8, 4) is 22.6 Å². The Balaban J connectivity index is 2.03. The van der Waals surface area contributed by atoms with Gasteiger partial charge >= 0.3 is 0 Å². The molecule has 0 saturated heterocycles. The Labute approximate surface area is 241 Å². The van der Waals surface area contributed by atoms with Crippen LogP contribution in [-0.4, -0.2) is 10.2 Å². The fourth-order valence-electron chi connectivity index (χ4n) is 4.62. The minimum atomic E-state index is -0.726. The zero-order chi connectivity index (χ0) is 23.7. The van der Waals surface area contributed by atoms with Gasteiger partial charge in [0.05, 0.1) is 23.3 Å². The molecule has 5 rings (SSSR count). The van der Waals surface area contributed by atoms with Gasteiger partial charge < -0.3 is 10.2 Å². The molecular weight excluding hydrogens is 812 g/mol. The fraction of sp³-hybridized carbons (Fsp3) is 0.0400. The van der Waals surface area contributed by atoms with Crippen LogP contribution in [0.3, 0.4) is 0 Å². The van der Waals surface area contributed by atoms with E-state index in [9.17, 15) is 10.2 Å². The van der Waals surface area contributed by atoms with Crippen molar-refractivity contribution in [3.63, 3.8) is 0 Å². The van der Waals surface area contributed by atoms with Crippen molar-refractivity contribution < 1.29 is 10.2 Å². The highest BCUT2D eigenvalue weighted by atomic mass is 79.9. The molecule has 0 fully saturated rings. The van der Waals surface area contributed by atoms with Gasteiger partial charge in [-0.3, -0.25) is 0 Å². The van der Waals surface area contributed by atoms with Gasteiger partial charge in [-0.2, -0.15) is 0 Å². The van der Waals surface area contributed by atoms with Crippen LogP contribution in [0.4, 0.5) is 0 Å². The third-order valence-corrected chi connectivity index (χ3v) is 9.37. The highest BCUT2D eigenvalue weighted by molar-refractivity contribution is 9.11. The fourth-order valence-corrected chi connectivity index (χ4v) is 7.72. The maximum Gasteiger partial charge on any atom is 0.143 e. The Morgan fingerprint density at radius 2 is 0.818 bits per heavy atom. The Kier molecular flexibility index (Phi) is 6.41. The summed E-state index contributed by atoms with van der Waals surface area (Å²) in [7, 11) is 0. The molecule has 8 heteroatoms. The number of fused-ring (bicyclic) bond motifs is 3. The molecule has 4 aromatic carbocycles. The number of benzene rings is 4. The number of phenolic OH excluding ortho intramolecular Hbond substituents is 2. The molecular formula is C25H12Br6O2. The zero-order valence-corrected chi connectivity index (χ0v) is 26.0. The van der Waals surface area contributed by atoms with Gasteiger partial charge in [-0.05, 0) is 146 Å². The van der Waals surface area contributed by atoms with Crippen LogP contribution in [0.1, 0.15) is 22.3 Å². The molecule has 0 aromatic heterocycles. The first kappa shape index (κ1) is 24.1. The van der Waals surface area contributed by atoms with Gasteiger partial charge in [-0.25, -0.2) is 0 Å². The summed E-state index contributed by atoms with van der Waals surface area (Å²) in [5.41, 5.74) is 5.63. The summed E-state index contributed by atoms with van der Waals surface area (Å²) in [5, 5.41) is 20.9. The monoisotopic (exact) mass is 818 g/mol. The SMILES string of the molecule is Oc1c(Br)cc(C2(c3cc(Br)c(O)c(Br)c3)c3cc(Br)ccc3-c3ccc(Br)cc32)cc1Br. The summed E-state index contributed by atoms with van der Waals surface area (Å²) < 4.78 is 4.27. The molecule has 1 aliphatic rings. The van der Waals surface area contributed by atoms with Gasteiger partial charge in [0.25, 0.3) is 0 Å². The van der Waals surface area contributed by atoms with Crippen LogP contribution in [0.25, 0.3) is 11.1 Å². The summed E-state index contributed by atoms with van der Waals surface area (Å²) in [4.78, 5) is 0. The van der Waals surface area contributed by atoms with Crippen LogP contribution < -0.4 is 0 Å². The summed E-state index contributed by atoms with van der Waals surface area (Å²) in [5.74, 6) is 0.285. The molecule has 33 heavy (non-hydrogen) atoms. The lowest BCUT2D eigenvalue weighted by molar-refractivity contribution is 0.467. The van der Waals surface area contributed by atoms with E-state index in [4.69, 9.17) is 0 Å². The maximum atomic E-state index is 10.5. The zero-order valence-electron chi connectivity index (χ0n) is 16.4. The van der Waals surface area contributed by atoms with Crippen molar-refractivity contribution in [2.75, 3.05) is 0 Å². The smallest absolute Gasteiger partial charge is 0.143 e. The lowest BCUT2D eigenvalue weighted by Crippen LogP contribution is -2.29. The van der Waals surface area contributed by atoms with E-state index >= 15 is 0 Å². The van der Waals surface area contributed by atoms with Crippen molar-refractivity contribution in [1.29, 1.82) is 0 Å². The predicted octanol–water partition coefficient (Wildman–Crippen LogP) is 10.0. The Morgan fingerprint density at radius 1 is 0.485 bits per heavy atom. The van der Waals surface area contributed by atoms with E-state index in [1.54, 1.807) is 0 Å². The summed E-state index contributed by atoms with van der Waals surface area (Å²) in [6.07, 6.45) is 0. The van der Waals surface area contributed by atoms with E-state index < -0.39 is 5.41 Å². The summed E-state index contributed by atoms with van der Waals surface area (Å²) >= 11 is 21.5. The van der Waals surface area contributed by atoms with Crippen molar-refractivity contribution >= 4 is 95.6 Å². The molecule has 0 bridgehead atoms. The molecule has 2 N–H and O–H groups in total. The van der Waals surface area contributed by atoms with Gasteiger partial charge in [0.1, 0.15) is 11.5 Å². The molecule has 1 aliphatic carbocycles. The highest BCUT2D eigenvalue weighted by Crippen LogP contribution is 2.59. The number of aromatic hydroxyl groups is 2. The van der Waals surface area contributed by atoms with E-state index in [2.05, 4.69) is 120 Å². The molecule has 4 aromatic rings. The van der Waals surface area contributed by atoms with Crippen molar-refractivity contribution in [3.05, 3.63) is 110 Å². The quantitative estimate of drug-likeness (QED) is 0.186. The summed E-state index contributed by atoms with van der Waals surface area (Å²) in [6, 6.07) is 20.5. The van der Waals surface area contributed by atoms with Crippen LogP contribution >= 0.6 is 95.6 Å². The second-order valence-electron chi connectivity index (χ2n) is 7.71. The minimum absolute atomic E-state index is 0.142. The highest BCUT2D eigenvalue weighted by Gasteiger charge is 2.47. The van der Waals surface area contributed by atoms with Crippen molar-refractivity contribution in [2.45, 2.75) is 5.41 Å². The van der Waals surface area contributed by atoms with Crippen LogP contribution in [-0.2, 0) is 5.41 Å². The third-order valence-electron chi connectivity index (χ3n) is 5.96. The molecule has 166 valence electrons. The average molecular weight is 824 g/mol. The molecule has 0 spiro atoms. The van der Waals surface area contributed by atoms with Gasteiger partial charge in [0.15, 0.2) is 0 Å². The number of halogens is 6. The molecule has 0 unspecified atom stereocenters. The number of hydrogen-bond acceptors (Lipinski definition) is 2. The van der Waals surface area contributed by atoms with Crippen LogP contribution in [0.5, 0.6) is 11.5 Å². The maximum absolute atomic E-state index is 10.5. The van der Waals surface area contributed by atoms with E-state index in [1.807, 2.05) is 36.4 Å². The molecule has 0 saturated carbocycles. The molecule has 0 radical (unpaired) electrons. The molecule has 0 amide bonds. The minimum Gasteiger partial charge on any atom is -0.506 e. The first-order valence-corrected chi connectivity index (χ1v) is 14.4. The number of phenols is 2. The van der Waals surface area contributed by atoms with Gasteiger partial charge in [-0.15, -0.1) is 0 Å². The summed E-state index contributed by atoms with van der Waals surface area (Å²) in [6.45, 7) is 0. The van der Waals surface area contributed by atoms with Gasteiger partial charge in [0, 0.05) is 8.95 Å². The Morgan fingerprint density at radius 3 is 1.15 bits per heavy atom. The Bertz CT molecular complexity index is 1310. The van der Waals surface area contributed by atoms with Crippen LogP contribution in [0.2, 0.25) is 0 Å². The van der Waals surface area contributed by atoms with E-state index in [0.717, 1.165) is 42.3 Å².